The molecule has 0 spiro atoms. The van der Waals surface area contributed by atoms with Crippen LogP contribution < -0.4 is 0 Å². The average molecular weight is 539 g/mol. The van der Waals surface area contributed by atoms with E-state index in [1.165, 1.54) is 17.7 Å². The smallest absolute Gasteiger partial charge is 0.126 e. The van der Waals surface area contributed by atoms with E-state index in [0.717, 1.165) is 20.6 Å². The summed E-state index contributed by atoms with van der Waals surface area (Å²) in [5.41, 5.74) is 2.95. The van der Waals surface area contributed by atoms with E-state index in [1.54, 1.807) is 13.0 Å². The predicted octanol–water partition coefficient (Wildman–Crippen LogP) is 9.10. The highest BCUT2D eigenvalue weighted by molar-refractivity contribution is 9.11. The predicted molar refractivity (Wildman–Crippen MR) is 119 cm³/mol. The van der Waals surface area contributed by atoms with Crippen LogP contribution in [-0.2, 0) is 0 Å². The number of hydrogen-bond acceptors (Lipinski definition) is 0. The second-order valence-corrected chi connectivity index (χ2v) is 8.54. The minimum atomic E-state index is -0.521. The van der Waals surface area contributed by atoms with Crippen LogP contribution in [0.4, 0.5) is 8.78 Å². The van der Waals surface area contributed by atoms with E-state index in [4.69, 9.17) is 23.2 Å². The van der Waals surface area contributed by atoms with Crippen LogP contribution in [0.15, 0.2) is 63.5 Å². The lowest BCUT2D eigenvalue weighted by atomic mass is 10.2. The van der Waals surface area contributed by atoms with Crippen molar-refractivity contribution in [2.45, 2.75) is 20.8 Å². The number of aryl methyl sites for hydroxylation is 3. The lowest BCUT2D eigenvalue weighted by Gasteiger charge is -1.94. The van der Waals surface area contributed by atoms with Crippen molar-refractivity contribution in [1.82, 2.24) is 0 Å². The molecule has 3 aromatic carbocycles. The molecule has 0 saturated heterocycles. The van der Waals surface area contributed by atoms with Gasteiger partial charge < -0.3 is 0 Å². The normalized spacial score (nSPS) is 9.67. The van der Waals surface area contributed by atoms with Gasteiger partial charge in [-0.1, -0.05) is 55.1 Å². The van der Waals surface area contributed by atoms with E-state index >= 15 is 0 Å². The van der Waals surface area contributed by atoms with Crippen molar-refractivity contribution in [3.8, 4) is 0 Å². The van der Waals surface area contributed by atoms with E-state index in [0.29, 0.717) is 15.6 Å². The highest BCUT2D eigenvalue weighted by Gasteiger charge is 1.94. The van der Waals surface area contributed by atoms with Crippen LogP contribution in [0.25, 0.3) is 0 Å². The van der Waals surface area contributed by atoms with Crippen LogP contribution in [0, 0.1) is 32.4 Å². The molecule has 0 fully saturated rings. The molecule has 0 unspecified atom stereocenters. The van der Waals surface area contributed by atoms with Crippen LogP contribution in [0.2, 0.25) is 10.0 Å². The van der Waals surface area contributed by atoms with Crippen molar-refractivity contribution >= 4 is 55.1 Å². The van der Waals surface area contributed by atoms with Gasteiger partial charge in [-0.05, 0) is 86.0 Å². The maximum Gasteiger partial charge on any atom is 0.126 e. The highest BCUT2D eigenvalue weighted by Crippen LogP contribution is 2.19. The summed E-state index contributed by atoms with van der Waals surface area (Å²) in [4.78, 5) is 0. The second kappa shape index (κ2) is 11.8. The molecule has 0 bridgehead atoms. The zero-order valence-corrected chi connectivity index (χ0v) is 19.6. The maximum absolute atomic E-state index is 12.2. The minimum Gasteiger partial charge on any atom is -0.207 e. The van der Waals surface area contributed by atoms with Crippen molar-refractivity contribution in [3.05, 3.63) is 102 Å². The largest absolute Gasteiger partial charge is 0.207 e. The molecule has 0 aliphatic heterocycles. The lowest BCUT2D eigenvalue weighted by molar-refractivity contribution is 0.581. The van der Waals surface area contributed by atoms with Crippen molar-refractivity contribution in [2.75, 3.05) is 0 Å². The monoisotopic (exact) mass is 536 g/mol. The third-order valence-corrected chi connectivity index (χ3v) is 4.37. The molecule has 0 nitrogen and oxygen atoms in total. The average Bonchev–Trinajstić information content (AvgIpc) is 2.43. The van der Waals surface area contributed by atoms with Crippen LogP contribution >= 0.6 is 55.1 Å². The Balaban J connectivity index is 0.000000202. The molecular formula is C21H18Br2Cl2F2. The van der Waals surface area contributed by atoms with Gasteiger partial charge in [0.15, 0.2) is 0 Å². The molecule has 0 aliphatic rings. The van der Waals surface area contributed by atoms with Gasteiger partial charge in [0.25, 0.3) is 0 Å². The second-order valence-electron chi connectivity index (χ2n) is 5.84. The number of halogens is 6. The molecular weight excluding hydrogens is 521 g/mol. The van der Waals surface area contributed by atoms with Crippen molar-refractivity contribution < 1.29 is 8.78 Å². The molecule has 27 heavy (non-hydrogen) atoms. The molecule has 0 saturated carbocycles. The molecule has 0 aliphatic carbocycles. The summed E-state index contributed by atoms with van der Waals surface area (Å²) in [6, 6.07) is 15.0. The van der Waals surface area contributed by atoms with Crippen LogP contribution in [0.5, 0.6) is 0 Å². The Morgan fingerprint density at radius 1 is 0.556 bits per heavy atom. The van der Waals surface area contributed by atoms with Crippen LogP contribution in [0.1, 0.15) is 16.7 Å². The van der Waals surface area contributed by atoms with E-state index in [9.17, 15) is 8.78 Å². The zero-order chi connectivity index (χ0) is 20.6. The summed E-state index contributed by atoms with van der Waals surface area (Å²) in [6.45, 7) is 5.67. The summed E-state index contributed by atoms with van der Waals surface area (Å²) in [5, 5.41) is 1.39. The Labute approximate surface area is 185 Å². The molecule has 0 N–H and O–H groups in total. The van der Waals surface area contributed by atoms with Crippen molar-refractivity contribution in [1.29, 1.82) is 0 Å². The van der Waals surface area contributed by atoms with Gasteiger partial charge in [-0.15, -0.1) is 0 Å². The number of benzene rings is 3. The first kappa shape index (κ1) is 24.1. The summed E-state index contributed by atoms with van der Waals surface area (Å²) in [5.74, 6) is -1.04. The molecule has 0 aromatic heterocycles. The number of hydrogen-bond donors (Lipinski definition) is 0. The standard InChI is InChI=1S/C7H6Br2.C7H6Cl2.C7H6F2/c3*1-5-2-6(8)4-7(9)3-5/h3*2-4H,1H3. The summed E-state index contributed by atoms with van der Waals surface area (Å²) in [6.07, 6.45) is 0. The van der Waals surface area contributed by atoms with Gasteiger partial charge in [-0.25, -0.2) is 8.78 Å². The van der Waals surface area contributed by atoms with Gasteiger partial charge in [-0.2, -0.15) is 0 Å². The fourth-order valence-electron chi connectivity index (χ4n) is 2.08. The molecule has 6 heteroatoms. The van der Waals surface area contributed by atoms with E-state index in [-0.39, 0.29) is 0 Å². The quantitative estimate of drug-likeness (QED) is 0.268. The summed E-state index contributed by atoms with van der Waals surface area (Å²) in [7, 11) is 0. The van der Waals surface area contributed by atoms with Gasteiger partial charge in [0, 0.05) is 25.1 Å². The Bertz CT molecular complexity index is 630. The maximum atomic E-state index is 12.2. The Kier molecular flexibility index (Phi) is 10.5. The lowest BCUT2D eigenvalue weighted by Crippen LogP contribution is -1.80. The highest BCUT2D eigenvalue weighted by atomic mass is 79.9. The van der Waals surface area contributed by atoms with Gasteiger partial charge in [0.1, 0.15) is 11.6 Å². The Morgan fingerprint density at radius 3 is 1.26 bits per heavy atom. The van der Waals surface area contributed by atoms with E-state index in [1.807, 2.05) is 25.1 Å². The van der Waals surface area contributed by atoms with Gasteiger partial charge in [0.05, 0.1) is 0 Å². The first-order chi connectivity index (χ1) is 12.5. The topological polar surface area (TPSA) is 0 Å². The first-order valence-electron chi connectivity index (χ1n) is 7.83. The third kappa shape index (κ3) is 10.8. The molecule has 3 rings (SSSR count). The molecule has 0 atom stereocenters. The molecule has 144 valence electrons. The molecule has 0 amide bonds. The van der Waals surface area contributed by atoms with Gasteiger partial charge >= 0.3 is 0 Å². The Hall–Kier alpha value is -0.940. The molecule has 0 heterocycles. The zero-order valence-electron chi connectivity index (χ0n) is 15.0. The van der Waals surface area contributed by atoms with Crippen molar-refractivity contribution in [3.63, 3.8) is 0 Å². The SMILES string of the molecule is Cc1cc(Br)cc(Br)c1.Cc1cc(Cl)cc(Cl)c1.Cc1cc(F)cc(F)c1. The first-order valence-corrected chi connectivity index (χ1v) is 10.2. The Morgan fingerprint density at radius 2 is 0.926 bits per heavy atom. The van der Waals surface area contributed by atoms with Gasteiger partial charge in [-0.3, -0.25) is 0 Å². The van der Waals surface area contributed by atoms with Gasteiger partial charge in [0.2, 0.25) is 0 Å². The summed E-state index contributed by atoms with van der Waals surface area (Å²) < 4.78 is 26.6. The van der Waals surface area contributed by atoms with Crippen molar-refractivity contribution in [2.24, 2.45) is 0 Å². The fraction of sp³-hybridized carbons (Fsp3) is 0.143. The van der Waals surface area contributed by atoms with Crippen LogP contribution in [-0.4, -0.2) is 0 Å². The molecule has 0 radical (unpaired) electrons. The van der Waals surface area contributed by atoms with E-state index < -0.39 is 11.6 Å². The summed E-state index contributed by atoms with van der Waals surface area (Å²) >= 11 is 18.1. The van der Waals surface area contributed by atoms with Crippen LogP contribution in [0.3, 0.4) is 0 Å². The molecule has 3 aromatic rings. The minimum absolute atomic E-state index is 0.521. The number of rotatable bonds is 0. The third-order valence-electron chi connectivity index (χ3n) is 3.02. The fourth-order valence-corrected chi connectivity index (χ4v) is 4.23. The van der Waals surface area contributed by atoms with E-state index in [2.05, 4.69) is 50.9 Å².